The molecule has 31 heavy (non-hydrogen) atoms. The summed E-state index contributed by atoms with van der Waals surface area (Å²) in [5, 5.41) is 3.62. The summed E-state index contributed by atoms with van der Waals surface area (Å²) in [7, 11) is -2.46. The van der Waals surface area contributed by atoms with Gasteiger partial charge < -0.3 is 4.74 Å². The summed E-state index contributed by atoms with van der Waals surface area (Å²) in [6.45, 7) is 0. The van der Waals surface area contributed by atoms with Crippen molar-refractivity contribution in [3.63, 3.8) is 0 Å². The second-order valence-corrected chi connectivity index (χ2v) is 7.91. The Hall–Kier alpha value is -3.79. The first-order chi connectivity index (χ1) is 14.8. The number of carbonyl (C=O) groups excluding carboxylic acids is 1. The minimum atomic E-state index is -3.96. The van der Waals surface area contributed by atoms with Gasteiger partial charge in [-0.2, -0.15) is 5.10 Å². The molecule has 0 aliphatic carbocycles. The van der Waals surface area contributed by atoms with E-state index < -0.39 is 27.6 Å². The summed E-state index contributed by atoms with van der Waals surface area (Å²) >= 11 is 0. The number of nitrogens with zero attached hydrogens (tertiary/aromatic N) is 1. The van der Waals surface area contributed by atoms with Crippen molar-refractivity contribution in [2.45, 2.75) is 4.90 Å². The van der Waals surface area contributed by atoms with Crippen LogP contribution in [0.3, 0.4) is 0 Å². The molecule has 3 aromatic carbocycles. The Bertz CT molecular complexity index is 1230. The number of ether oxygens (including phenoxy) is 1. The zero-order chi connectivity index (χ0) is 22.4. The lowest BCUT2D eigenvalue weighted by Gasteiger charge is -2.10. The third-order valence-electron chi connectivity index (χ3n) is 4.08. The average Bonchev–Trinajstić information content (AvgIpc) is 2.75. The molecule has 0 radical (unpaired) electrons. The molecular formula is C21H17F2N3O4S. The fourth-order valence-corrected chi connectivity index (χ4v) is 3.61. The molecule has 0 fully saturated rings. The van der Waals surface area contributed by atoms with Crippen molar-refractivity contribution in [3.8, 4) is 5.75 Å². The molecule has 0 atom stereocenters. The zero-order valence-electron chi connectivity index (χ0n) is 16.2. The van der Waals surface area contributed by atoms with Crippen molar-refractivity contribution < 1.29 is 26.7 Å². The van der Waals surface area contributed by atoms with Gasteiger partial charge in [-0.1, -0.05) is 6.07 Å². The van der Waals surface area contributed by atoms with Gasteiger partial charge in [0.2, 0.25) is 0 Å². The predicted molar refractivity (Wildman–Crippen MR) is 112 cm³/mol. The first kappa shape index (κ1) is 21.9. The summed E-state index contributed by atoms with van der Waals surface area (Å²) in [4.78, 5) is 12.1. The molecule has 0 aliphatic rings. The molecule has 3 rings (SSSR count). The summed E-state index contributed by atoms with van der Waals surface area (Å²) in [5.74, 6) is -1.71. The largest absolute Gasteiger partial charge is 0.497 e. The minimum Gasteiger partial charge on any atom is -0.497 e. The lowest BCUT2D eigenvalue weighted by molar-refractivity contribution is 0.0955. The molecule has 0 heterocycles. The lowest BCUT2D eigenvalue weighted by Crippen LogP contribution is -2.19. The van der Waals surface area contributed by atoms with E-state index >= 15 is 0 Å². The number of methoxy groups -OCH3 is 1. The summed E-state index contributed by atoms with van der Waals surface area (Å²) < 4.78 is 59.2. The molecule has 3 aromatic rings. The predicted octanol–water partition coefficient (Wildman–Crippen LogP) is 3.54. The van der Waals surface area contributed by atoms with Crippen molar-refractivity contribution in [1.29, 1.82) is 0 Å². The van der Waals surface area contributed by atoms with Gasteiger partial charge in [0.25, 0.3) is 15.9 Å². The van der Waals surface area contributed by atoms with Gasteiger partial charge in [0.15, 0.2) is 0 Å². The first-order valence-electron chi connectivity index (χ1n) is 8.84. The number of hydrogen-bond donors (Lipinski definition) is 2. The third kappa shape index (κ3) is 5.64. The molecule has 2 N–H and O–H groups in total. The monoisotopic (exact) mass is 445 g/mol. The van der Waals surface area contributed by atoms with Crippen molar-refractivity contribution in [1.82, 2.24) is 5.43 Å². The molecule has 0 spiro atoms. The van der Waals surface area contributed by atoms with Gasteiger partial charge in [0.1, 0.15) is 17.4 Å². The maximum absolute atomic E-state index is 13.6. The highest BCUT2D eigenvalue weighted by Crippen LogP contribution is 2.20. The van der Waals surface area contributed by atoms with Crippen molar-refractivity contribution in [2.24, 2.45) is 5.10 Å². The van der Waals surface area contributed by atoms with E-state index in [-0.39, 0.29) is 16.0 Å². The van der Waals surface area contributed by atoms with Gasteiger partial charge in [-0.3, -0.25) is 9.52 Å². The molecule has 7 nitrogen and oxygen atoms in total. The Morgan fingerprint density at radius 3 is 2.45 bits per heavy atom. The zero-order valence-corrected chi connectivity index (χ0v) is 17.0. The number of benzene rings is 3. The number of nitrogens with one attached hydrogen (secondary N) is 2. The number of carbonyl (C=O) groups is 1. The van der Waals surface area contributed by atoms with E-state index in [4.69, 9.17) is 4.74 Å². The van der Waals surface area contributed by atoms with Crippen LogP contribution in [0.25, 0.3) is 0 Å². The fourth-order valence-electron chi connectivity index (χ4n) is 2.51. The molecule has 1 amide bonds. The number of rotatable bonds is 7. The number of anilines is 1. The third-order valence-corrected chi connectivity index (χ3v) is 5.46. The normalized spacial score (nSPS) is 11.3. The highest BCUT2D eigenvalue weighted by atomic mass is 32.2. The summed E-state index contributed by atoms with van der Waals surface area (Å²) in [5.41, 5.74) is 2.49. The van der Waals surface area contributed by atoms with E-state index in [0.29, 0.717) is 17.5 Å². The van der Waals surface area contributed by atoms with Gasteiger partial charge in [0.05, 0.1) is 18.2 Å². The van der Waals surface area contributed by atoms with Crippen LogP contribution in [0.1, 0.15) is 15.9 Å². The van der Waals surface area contributed by atoms with E-state index in [2.05, 4.69) is 15.2 Å². The molecule has 0 bridgehead atoms. The Balaban J connectivity index is 1.72. The summed E-state index contributed by atoms with van der Waals surface area (Å²) in [6, 6.07) is 14.5. The van der Waals surface area contributed by atoms with Gasteiger partial charge in [-0.05, 0) is 54.6 Å². The lowest BCUT2D eigenvalue weighted by atomic mass is 10.2. The number of hydrazone groups is 1. The Kier molecular flexibility index (Phi) is 6.61. The van der Waals surface area contributed by atoms with Crippen LogP contribution in [0.2, 0.25) is 0 Å². The molecule has 0 aromatic heterocycles. The van der Waals surface area contributed by atoms with E-state index in [0.717, 1.165) is 12.3 Å². The maximum atomic E-state index is 13.6. The Labute approximate surface area is 177 Å². The maximum Gasteiger partial charge on any atom is 0.271 e. The molecule has 10 heteroatoms. The number of amides is 1. The molecular weight excluding hydrogens is 428 g/mol. The second kappa shape index (κ2) is 9.35. The van der Waals surface area contributed by atoms with E-state index in [1.54, 1.807) is 12.1 Å². The number of hydrogen-bond acceptors (Lipinski definition) is 5. The topological polar surface area (TPSA) is 96.9 Å². The van der Waals surface area contributed by atoms with Gasteiger partial charge in [0, 0.05) is 22.9 Å². The van der Waals surface area contributed by atoms with Gasteiger partial charge in [-0.25, -0.2) is 22.6 Å². The molecule has 0 saturated heterocycles. The van der Waals surface area contributed by atoms with E-state index in [1.807, 2.05) is 0 Å². The molecule has 160 valence electrons. The number of halogens is 2. The second-order valence-electron chi connectivity index (χ2n) is 6.23. The van der Waals surface area contributed by atoms with Crippen LogP contribution in [0.15, 0.2) is 76.7 Å². The smallest absolute Gasteiger partial charge is 0.271 e. The van der Waals surface area contributed by atoms with Crippen LogP contribution < -0.4 is 14.9 Å². The van der Waals surface area contributed by atoms with Crippen LogP contribution in [-0.2, 0) is 10.0 Å². The fraction of sp³-hybridized carbons (Fsp3) is 0.0476. The van der Waals surface area contributed by atoms with Crippen molar-refractivity contribution in [3.05, 3.63) is 89.5 Å². The SMILES string of the molecule is COc1ccc(NS(=O)(=O)c2cccc(C(=O)N/N=C/c3ccc(F)cc3F)c2)cc1. The number of sulfonamides is 1. The van der Waals surface area contributed by atoms with Crippen LogP contribution in [0.4, 0.5) is 14.5 Å². The highest BCUT2D eigenvalue weighted by molar-refractivity contribution is 7.92. The molecule has 0 aliphatic heterocycles. The molecule has 0 saturated carbocycles. The Morgan fingerprint density at radius 1 is 1.03 bits per heavy atom. The van der Waals surface area contributed by atoms with E-state index in [1.165, 1.54) is 49.6 Å². The summed E-state index contributed by atoms with van der Waals surface area (Å²) in [6.07, 6.45) is 1.01. The minimum absolute atomic E-state index is 0.0225. The van der Waals surface area contributed by atoms with Crippen LogP contribution in [0.5, 0.6) is 5.75 Å². The first-order valence-corrected chi connectivity index (χ1v) is 10.3. The van der Waals surface area contributed by atoms with Crippen molar-refractivity contribution in [2.75, 3.05) is 11.8 Å². The molecule has 0 unspecified atom stereocenters. The van der Waals surface area contributed by atoms with E-state index in [9.17, 15) is 22.0 Å². The van der Waals surface area contributed by atoms with Crippen molar-refractivity contribution >= 4 is 27.8 Å². The van der Waals surface area contributed by atoms with Gasteiger partial charge in [-0.15, -0.1) is 0 Å². The van der Waals surface area contributed by atoms with Crippen LogP contribution >= 0.6 is 0 Å². The van der Waals surface area contributed by atoms with Crippen LogP contribution in [0, 0.1) is 11.6 Å². The average molecular weight is 445 g/mol. The highest BCUT2D eigenvalue weighted by Gasteiger charge is 2.16. The quantitative estimate of drug-likeness (QED) is 0.430. The van der Waals surface area contributed by atoms with Gasteiger partial charge >= 0.3 is 0 Å². The Morgan fingerprint density at radius 2 is 1.77 bits per heavy atom. The standard InChI is InChI=1S/C21H17F2N3O4S/c1-30-18-9-7-17(8-10-18)26-31(28,29)19-4-2-3-14(11-19)21(27)25-24-13-15-5-6-16(22)12-20(15)23/h2-13,26H,1H3,(H,25,27)/b24-13+. The van der Waals surface area contributed by atoms with Crippen LogP contribution in [-0.4, -0.2) is 27.6 Å².